The largest absolute Gasteiger partial charge is 0.419 e. The molecule has 0 aliphatic heterocycles. The molecule has 0 bridgehead atoms. The molecule has 1 aromatic rings. The minimum atomic E-state index is -4.39. The van der Waals surface area contributed by atoms with E-state index in [2.05, 4.69) is 10.3 Å². The van der Waals surface area contributed by atoms with E-state index >= 15 is 0 Å². The van der Waals surface area contributed by atoms with Crippen LogP contribution in [0.3, 0.4) is 0 Å². The highest BCUT2D eigenvalue weighted by Crippen LogP contribution is 2.33. The van der Waals surface area contributed by atoms with E-state index in [9.17, 15) is 13.2 Å². The summed E-state index contributed by atoms with van der Waals surface area (Å²) in [5, 5.41) is 2.71. The highest BCUT2D eigenvalue weighted by Gasteiger charge is 2.33. The normalized spacial score (nSPS) is 11.6. The van der Waals surface area contributed by atoms with Crippen LogP contribution in [-0.4, -0.2) is 38.5 Å². The van der Waals surface area contributed by atoms with Gasteiger partial charge in [-0.25, -0.2) is 4.98 Å². The summed E-state index contributed by atoms with van der Waals surface area (Å²) in [6.45, 7) is 2.07. The number of nitrogens with zero attached hydrogens (tertiary/aromatic N) is 1. The standard InChI is InChI=1S/C13H19F3N2O2/c1-19-9-10-20-8-3-2-6-17-12-11(13(14,15)16)5-4-7-18-12/h4-5,7H,2-3,6,8-10H2,1H3,(H,17,18). The van der Waals surface area contributed by atoms with Gasteiger partial charge in [0.05, 0.1) is 18.8 Å². The lowest BCUT2D eigenvalue weighted by Gasteiger charge is -2.13. The van der Waals surface area contributed by atoms with Crippen LogP contribution >= 0.6 is 0 Å². The van der Waals surface area contributed by atoms with Crippen molar-refractivity contribution in [1.29, 1.82) is 0 Å². The Balaban J connectivity index is 2.26. The lowest BCUT2D eigenvalue weighted by atomic mass is 10.2. The van der Waals surface area contributed by atoms with E-state index in [1.165, 1.54) is 12.3 Å². The second-order valence-corrected chi connectivity index (χ2v) is 4.14. The maximum absolute atomic E-state index is 12.7. The molecule has 114 valence electrons. The first-order valence-corrected chi connectivity index (χ1v) is 6.38. The molecule has 0 saturated heterocycles. The zero-order valence-electron chi connectivity index (χ0n) is 11.4. The number of unbranched alkanes of at least 4 members (excludes halogenated alkanes) is 1. The first-order valence-electron chi connectivity index (χ1n) is 6.38. The molecule has 1 aromatic heterocycles. The Kier molecular flexibility index (Phi) is 7.32. The molecule has 0 aliphatic carbocycles. The summed E-state index contributed by atoms with van der Waals surface area (Å²) >= 11 is 0. The Morgan fingerprint density at radius 3 is 2.70 bits per heavy atom. The number of hydrogen-bond donors (Lipinski definition) is 1. The molecule has 0 fully saturated rings. The zero-order chi connectivity index (χ0) is 14.8. The van der Waals surface area contributed by atoms with Crippen LogP contribution < -0.4 is 5.32 Å². The summed E-state index contributed by atoms with van der Waals surface area (Å²) in [7, 11) is 1.60. The van der Waals surface area contributed by atoms with Gasteiger partial charge in [-0.15, -0.1) is 0 Å². The first kappa shape index (κ1) is 16.7. The van der Waals surface area contributed by atoms with Gasteiger partial charge in [-0.3, -0.25) is 0 Å². The summed E-state index contributed by atoms with van der Waals surface area (Å²) in [5.41, 5.74) is -0.739. The number of pyridine rings is 1. The van der Waals surface area contributed by atoms with Crippen molar-refractivity contribution in [2.45, 2.75) is 19.0 Å². The summed E-state index contributed by atoms with van der Waals surface area (Å²) in [4.78, 5) is 3.72. The number of methoxy groups -OCH3 is 1. The number of anilines is 1. The van der Waals surface area contributed by atoms with Gasteiger partial charge in [-0.05, 0) is 25.0 Å². The summed E-state index contributed by atoms with van der Waals surface area (Å²) in [5.74, 6) is -0.125. The molecular weight excluding hydrogens is 273 g/mol. The van der Waals surface area contributed by atoms with Gasteiger partial charge >= 0.3 is 6.18 Å². The number of hydrogen-bond acceptors (Lipinski definition) is 4. The maximum atomic E-state index is 12.7. The zero-order valence-corrected chi connectivity index (χ0v) is 11.4. The quantitative estimate of drug-likeness (QED) is 0.711. The van der Waals surface area contributed by atoms with Gasteiger partial charge in [0.25, 0.3) is 0 Å². The van der Waals surface area contributed by atoms with Gasteiger partial charge in [-0.2, -0.15) is 13.2 Å². The van der Waals surface area contributed by atoms with Crippen molar-refractivity contribution in [3.8, 4) is 0 Å². The highest BCUT2D eigenvalue weighted by molar-refractivity contribution is 5.45. The van der Waals surface area contributed by atoms with Crippen molar-refractivity contribution in [2.75, 3.05) is 38.8 Å². The molecule has 7 heteroatoms. The van der Waals surface area contributed by atoms with Gasteiger partial charge in [0.2, 0.25) is 0 Å². The highest BCUT2D eigenvalue weighted by atomic mass is 19.4. The van der Waals surface area contributed by atoms with Crippen LogP contribution in [-0.2, 0) is 15.7 Å². The molecule has 0 aromatic carbocycles. The molecule has 0 spiro atoms. The van der Waals surface area contributed by atoms with Crippen molar-refractivity contribution < 1.29 is 22.6 Å². The smallest absolute Gasteiger partial charge is 0.382 e. The first-order chi connectivity index (χ1) is 9.55. The molecule has 20 heavy (non-hydrogen) atoms. The molecule has 1 rings (SSSR count). The van der Waals surface area contributed by atoms with E-state index in [0.29, 0.717) is 32.8 Å². The van der Waals surface area contributed by atoms with Crippen LogP contribution in [0.15, 0.2) is 18.3 Å². The van der Waals surface area contributed by atoms with Crippen LogP contribution in [0.5, 0.6) is 0 Å². The minimum absolute atomic E-state index is 0.125. The third-order valence-corrected chi connectivity index (χ3v) is 2.55. The fourth-order valence-electron chi connectivity index (χ4n) is 1.56. The van der Waals surface area contributed by atoms with Crippen LogP contribution in [0.2, 0.25) is 0 Å². The second-order valence-electron chi connectivity index (χ2n) is 4.14. The summed E-state index contributed by atoms with van der Waals surface area (Å²) in [6.07, 6.45) is -1.57. The number of ether oxygens (including phenoxy) is 2. The number of alkyl halides is 3. The van der Waals surface area contributed by atoms with Gasteiger partial charge in [0.1, 0.15) is 5.82 Å². The molecular formula is C13H19F3N2O2. The molecule has 0 aliphatic rings. The molecule has 0 radical (unpaired) electrons. The topological polar surface area (TPSA) is 43.4 Å². The molecule has 1 N–H and O–H groups in total. The van der Waals surface area contributed by atoms with E-state index in [4.69, 9.17) is 9.47 Å². The monoisotopic (exact) mass is 292 g/mol. The Morgan fingerprint density at radius 2 is 2.00 bits per heavy atom. The molecule has 0 atom stereocenters. The summed E-state index contributed by atoms with van der Waals surface area (Å²) in [6, 6.07) is 2.29. The minimum Gasteiger partial charge on any atom is -0.382 e. The predicted octanol–water partition coefficient (Wildman–Crippen LogP) is 2.96. The molecule has 4 nitrogen and oxygen atoms in total. The van der Waals surface area contributed by atoms with Crippen molar-refractivity contribution in [3.63, 3.8) is 0 Å². The third-order valence-electron chi connectivity index (χ3n) is 2.55. The van der Waals surface area contributed by atoms with Gasteiger partial charge in [-0.1, -0.05) is 0 Å². The Morgan fingerprint density at radius 1 is 1.20 bits per heavy atom. The van der Waals surface area contributed by atoms with Crippen molar-refractivity contribution in [1.82, 2.24) is 4.98 Å². The van der Waals surface area contributed by atoms with Crippen molar-refractivity contribution >= 4 is 5.82 Å². The van der Waals surface area contributed by atoms with Crippen LogP contribution in [0.1, 0.15) is 18.4 Å². The van der Waals surface area contributed by atoms with Gasteiger partial charge in [0.15, 0.2) is 0 Å². The molecule has 0 saturated carbocycles. The van der Waals surface area contributed by atoms with E-state index in [1.54, 1.807) is 7.11 Å². The van der Waals surface area contributed by atoms with Crippen molar-refractivity contribution in [3.05, 3.63) is 23.9 Å². The van der Waals surface area contributed by atoms with Gasteiger partial charge < -0.3 is 14.8 Å². The van der Waals surface area contributed by atoms with E-state index in [1.807, 2.05) is 0 Å². The number of halogens is 3. The van der Waals surface area contributed by atoms with Crippen LogP contribution in [0, 0.1) is 0 Å². The SMILES string of the molecule is COCCOCCCCNc1ncccc1C(F)(F)F. The molecule has 0 unspecified atom stereocenters. The van der Waals surface area contributed by atoms with Crippen LogP contribution in [0.25, 0.3) is 0 Å². The number of aromatic nitrogens is 1. The Labute approximate surface area is 116 Å². The van der Waals surface area contributed by atoms with E-state index < -0.39 is 11.7 Å². The van der Waals surface area contributed by atoms with E-state index in [0.717, 1.165) is 12.5 Å². The number of nitrogens with one attached hydrogen (secondary N) is 1. The lowest BCUT2D eigenvalue weighted by Crippen LogP contribution is -2.13. The lowest BCUT2D eigenvalue weighted by molar-refractivity contribution is -0.137. The maximum Gasteiger partial charge on any atom is 0.419 e. The summed E-state index contributed by atoms with van der Waals surface area (Å²) < 4.78 is 48.1. The fourth-order valence-corrected chi connectivity index (χ4v) is 1.56. The molecule has 0 amide bonds. The van der Waals surface area contributed by atoms with E-state index in [-0.39, 0.29) is 5.82 Å². The Bertz CT molecular complexity index is 386. The molecule has 1 heterocycles. The predicted molar refractivity (Wildman–Crippen MR) is 69.7 cm³/mol. The van der Waals surface area contributed by atoms with Crippen molar-refractivity contribution in [2.24, 2.45) is 0 Å². The fraction of sp³-hybridized carbons (Fsp3) is 0.615. The van der Waals surface area contributed by atoms with Gasteiger partial charge in [0, 0.05) is 26.5 Å². The average molecular weight is 292 g/mol. The number of rotatable bonds is 9. The second kappa shape index (κ2) is 8.76. The average Bonchev–Trinajstić information content (AvgIpc) is 2.41. The third kappa shape index (κ3) is 6.21. The Hall–Kier alpha value is -1.34. The van der Waals surface area contributed by atoms with Crippen LogP contribution in [0.4, 0.5) is 19.0 Å².